The van der Waals surface area contributed by atoms with Gasteiger partial charge in [-0.1, -0.05) is 23.3 Å². The molecule has 0 heterocycles. The normalized spacial score (nSPS) is 15.5. The van der Waals surface area contributed by atoms with E-state index in [9.17, 15) is 0 Å². The molecule has 0 aromatic heterocycles. The van der Waals surface area contributed by atoms with E-state index in [1.807, 2.05) is 6.07 Å². The molecule has 0 saturated carbocycles. The van der Waals surface area contributed by atoms with Gasteiger partial charge in [-0.2, -0.15) is 0 Å². The Labute approximate surface area is 131 Å². The van der Waals surface area contributed by atoms with E-state index in [1.54, 1.807) is 19.2 Å². The predicted octanol–water partition coefficient (Wildman–Crippen LogP) is 3.97. The average molecular weight is 308 g/mol. The van der Waals surface area contributed by atoms with Crippen LogP contribution in [0.15, 0.2) is 34.8 Å². The van der Waals surface area contributed by atoms with Crippen LogP contribution in [0.2, 0.25) is 5.02 Å². The van der Waals surface area contributed by atoms with Crippen molar-refractivity contribution in [2.75, 3.05) is 19.0 Å². The lowest BCUT2D eigenvalue weighted by atomic mass is 9.97. The quantitative estimate of drug-likeness (QED) is 0.491. The zero-order chi connectivity index (χ0) is 15.1. The average Bonchev–Trinajstić information content (AvgIpc) is 2.48. The van der Waals surface area contributed by atoms with Crippen LogP contribution in [0.5, 0.6) is 5.75 Å². The summed E-state index contributed by atoms with van der Waals surface area (Å²) in [6.45, 7) is 0.717. The van der Waals surface area contributed by atoms with Gasteiger partial charge in [-0.05, 0) is 50.3 Å². The van der Waals surface area contributed by atoms with E-state index < -0.39 is 0 Å². The molecule has 0 bridgehead atoms. The van der Waals surface area contributed by atoms with Crippen LogP contribution in [-0.2, 0) is 0 Å². The van der Waals surface area contributed by atoms with Crippen molar-refractivity contribution >= 4 is 23.2 Å². The summed E-state index contributed by atoms with van der Waals surface area (Å²) in [6.07, 6.45) is 8.36. The van der Waals surface area contributed by atoms with E-state index in [0.717, 1.165) is 12.1 Å². The largest absolute Gasteiger partial charge is 0.495 e. The van der Waals surface area contributed by atoms with Gasteiger partial charge in [0.15, 0.2) is 5.96 Å². The van der Waals surface area contributed by atoms with Crippen molar-refractivity contribution in [1.29, 1.82) is 0 Å². The molecule has 0 unspecified atom stereocenters. The third kappa shape index (κ3) is 4.97. The topological polar surface area (TPSA) is 59.6 Å². The van der Waals surface area contributed by atoms with Gasteiger partial charge in [0.1, 0.15) is 5.75 Å². The number of anilines is 1. The molecule has 1 aromatic rings. The molecule has 4 nitrogen and oxygen atoms in total. The van der Waals surface area contributed by atoms with Gasteiger partial charge in [0, 0.05) is 12.2 Å². The molecule has 1 aliphatic carbocycles. The second-order valence-corrected chi connectivity index (χ2v) is 5.51. The SMILES string of the molecule is COc1ccc(NC(N)=NCCC2=CCCCC2)cc1Cl. The number of hydrogen-bond donors (Lipinski definition) is 2. The fourth-order valence-electron chi connectivity index (χ4n) is 2.38. The Balaban J connectivity index is 1.85. The molecule has 0 aliphatic heterocycles. The number of nitrogens with two attached hydrogens (primary N) is 1. The number of ether oxygens (including phenoxy) is 1. The van der Waals surface area contributed by atoms with Gasteiger partial charge < -0.3 is 15.8 Å². The number of halogens is 1. The molecule has 3 N–H and O–H groups in total. The summed E-state index contributed by atoms with van der Waals surface area (Å²) < 4.78 is 5.11. The van der Waals surface area contributed by atoms with Gasteiger partial charge in [0.05, 0.1) is 12.1 Å². The minimum absolute atomic E-state index is 0.410. The highest BCUT2D eigenvalue weighted by Gasteiger charge is 2.04. The molecule has 0 atom stereocenters. The summed E-state index contributed by atoms with van der Waals surface area (Å²) in [7, 11) is 1.59. The number of methoxy groups -OCH3 is 1. The summed E-state index contributed by atoms with van der Waals surface area (Å²) in [5.74, 6) is 1.05. The standard InChI is InChI=1S/C16H22ClN3O/c1-21-15-8-7-13(11-14(15)17)20-16(18)19-10-9-12-5-3-2-4-6-12/h5,7-8,11H,2-4,6,9-10H2,1H3,(H3,18,19,20). The van der Waals surface area contributed by atoms with Crippen LogP contribution in [0.3, 0.4) is 0 Å². The summed E-state index contributed by atoms with van der Waals surface area (Å²) in [5, 5.41) is 3.58. The molecule has 1 aliphatic rings. The van der Waals surface area contributed by atoms with Gasteiger partial charge in [0.2, 0.25) is 0 Å². The number of allylic oxidation sites excluding steroid dienone is 1. The molecular formula is C16H22ClN3O. The first-order valence-corrected chi connectivity index (χ1v) is 7.65. The number of nitrogens with one attached hydrogen (secondary N) is 1. The number of guanidine groups is 1. The third-order valence-corrected chi connectivity index (χ3v) is 3.82. The van der Waals surface area contributed by atoms with Gasteiger partial charge in [0.25, 0.3) is 0 Å². The van der Waals surface area contributed by atoms with Crippen molar-refractivity contribution in [3.8, 4) is 5.75 Å². The van der Waals surface area contributed by atoms with Gasteiger partial charge >= 0.3 is 0 Å². The summed E-state index contributed by atoms with van der Waals surface area (Å²) in [6, 6.07) is 5.42. The van der Waals surface area contributed by atoms with Crippen molar-refractivity contribution in [2.45, 2.75) is 32.1 Å². The van der Waals surface area contributed by atoms with Crippen LogP contribution in [-0.4, -0.2) is 19.6 Å². The zero-order valence-electron chi connectivity index (χ0n) is 12.4. The molecule has 0 amide bonds. The monoisotopic (exact) mass is 307 g/mol. The molecule has 1 aromatic carbocycles. The first kappa shape index (κ1) is 15.7. The molecule has 2 rings (SSSR count). The summed E-state index contributed by atoms with van der Waals surface area (Å²) in [5.41, 5.74) is 8.20. The Morgan fingerprint density at radius 2 is 2.29 bits per heavy atom. The first-order chi connectivity index (χ1) is 10.2. The number of aliphatic imine (C=N–C) groups is 1. The molecule has 0 radical (unpaired) electrons. The Morgan fingerprint density at radius 1 is 1.43 bits per heavy atom. The molecule has 0 fully saturated rings. The number of benzene rings is 1. The van der Waals surface area contributed by atoms with Crippen molar-refractivity contribution in [2.24, 2.45) is 10.7 Å². The van der Waals surface area contributed by atoms with Crippen LogP contribution < -0.4 is 15.8 Å². The number of nitrogens with zero attached hydrogens (tertiary/aromatic N) is 1. The van der Waals surface area contributed by atoms with Gasteiger partial charge in [-0.3, -0.25) is 4.99 Å². The highest BCUT2D eigenvalue weighted by Crippen LogP contribution is 2.27. The van der Waals surface area contributed by atoms with Crippen LogP contribution in [0.25, 0.3) is 0 Å². The van der Waals surface area contributed by atoms with E-state index in [4.69, 9.17) is 22.1 Å². The fraction of sp³-hybridized carbons (Fsp3) is 0.438. The van der Waals surface area contributed by atoms with E-state index in [1.165, 1.54) is 31.3 Å². The lowest BCUT2D eigenvalue weighted by Gasteiger charge is -2.11. The summed E-state index contributed by atoms with van der Waals surface area (Å²) in [4.78, 5) is 4.35. The summed E-state index contributed by atoms with van der Waals surface area (Å²) >= 11 is 6.07. The highest BCUT2D eigenvalue weighted by atomic mass is 35.5. The Kier molecular flexibility index (Phi) is 5.93. The van der Waals surface area contributed by atoms with Crippen molar-refractivity contribution in [3.63, 3.8) is 0 Å². The molecule has 5 heteroatoms. The Hall–Kier alpha value is -1.68. The van der Waals surface area contributed by atoms with E-state index in [0.29, 0.717) is 23.3 Å². The zero-order valence-corrected chi connectivity index (χ0v) is 13.1. The first-order valence-electron chi connectivity index (χ1n) is 7.27. The third-order valence-electron chi connectivity index (χ3n) is 3.52. The van der Waals surface area contributed by atoms with Crippen LogP contribution in [0, 0.1) is 0 Å². The second kappa shape index (κ2) is 7.93. The van der Waals surface area contributed by atoms with E-state index in [2.05, 4.69) is 16.4 Å². The van der Waals surface area contributed by atoms with Crippen molar-refractivity contribution in [3.05, 3.63) is 34.9 Å². The Morgan fingerprint density at radius 3 is 2.95 bits per heavy atom. The van der Waals surface area contributed by atoms with Crippen LogP contribution in [0.4, 0.5) is 5.69 Å². The van der Waals surface area contributed by atoms with Crippen molar-refractivity contribution < 1.29 is 4.74 Å². The Bertz CT molecular complexity index is 540. The minimum Gasteiger partial charge on any atom is -0.495 e. The maximum atomic E-state index is 6.07. The van der Waals surface area contributed by atoms with Crippen LogP contribution in [0.1, 0.15) is 32.1 Å². The molecule has 0 saturated heterocycles. The molecule has 114 valence electrons. The van der Waals surface area contributed by atoms with E-state index in [-0.39, 0.29) is 0 Å². The number of hydrogen-bond acceptors (Lipinski definition) is 2. The van der Waals surface area contributed by atoms with Crippen molar-refractivity contribution in [1.82, 2.24) is 0 Å². The lowest BCUT2D eigenvalue weighted by Crippen LogP contribution is -2.22. The molecule has 21 heavy (non-hydrogen) atoms. The minimum atomic E-state index is 0.410. The van der Waals surface area contributed by atoms with Gasteiger partial charge in [-0.25, -0.2) is 0 Å². The maximum Gasteiger partial charge on any atom is 0.193 e. The number of rotatable bonds is 5. The lowest BCUT2D eigenvalue weighted by molar-refractivity contribution is 0.415. The fourth-order valence-corrected chi connectivity index (χ4v) is 2.64. The van der Waals surface area contributed by atoms with Gasteiger partial charge in [-0.15, -0.1) is 0 Å². The predicted molar refractivity (Wildman–Crippen MR) is 89.3 cm³/mol. The molecular weight excluding hydrogens is 286 g/mol. The smallest absolute Gasteiger partial charge is 0.193 e. The van der Waals surface area contributed by atoms with E-state index >= 15 is 0 Å². The second-order valence-electron chi connectivity index (χ2n) is 5.10. The highest BCUT2D eigenvalue weighted by molar-refractivity contribution is 6.32. The molecule has 0 spiro atoms. The maximum absolute atomic E-state index is 6.07. The van der Waals surface area contributed by atoms with Crippen LogP contribution >= 0.6 is 11.6 Å².